The van der Waals surface area contributed by atoms with E-state index in [-0.39, 0.29) is 18.7 Å². The van der Waals surface area contributed by atoms with Gasteiger partial charge in [-0.3, -0.25) is 9.79 Å². The lowest BCUT2D eigenvalue weighted by molar-refractivity contribution is -0.142. The zero-order chi connectivity index (χ0) is 21.1. The standard InChI is InChI=1S/C21H15F3N2O3/c22-21(23,24)15-7-5-14(6-8-15)11-29-18-4-2-1-3-16(18)17-9-10-26-13-20(17,12-25)19(27)28/h1-10H,11,13H2,(H,27,28). The molecule has 1 aliphatic heterocycles. The predicted molar refractivity (Wildman–Crippen MR) is 99.2 cm³/mol. The van der Waals surface area contributed by atoms with Crippen LogP contribution in [0.25, 0.3) is 5.57 Å². The van der Waals surface area contributed by atoms with Crippen LogP contribution < -0.4 is 4.74 Å². The average molecular weight is 400 g/mol. The Morgan fingerprint density at radius 1 is 1.21 bits per heavy atom. The van der Waals surface area contributed by atoms with Crippen molar-refractivity contribution in [3.05, 3.63) is 71.3 Å². The van der Waals surface area contributed by atoms with Crippen LogP contribution in [0.1, 0.15) is 16.7 Å². The van der Waals surface area contributed by atoms with E-state index in [0.717, 1.165) is 12.1 Å². The third-order valence-corrected chi connectivity index (χ3v) is 4.54. The zero-order valence-corrected chi connectivity index (χ0v) is 15.0. The molecule has 1 N–H and O–H groups in total. The van der Waals surface area contributed by atoms with Gasteiger partial charge in [0.1, 0.15) is 12.4 Å². The Bertz CT molecular complexity index is 1020. The summed E-state index contributed by atoms with van der Waals surface area (Å²) in [7, 11) is 0. The van der Waals surface area contributed by atoms with Crippen LogP contribution in [-0.4, -0.2) is 23.8 Å². The molecule has 0 saturated carbocycles. The number of allylic oxidation sites excluding steroid dienone is 1. The SMILES string of the molecule is N#CC1(C(=O)O)CN=CC=C1c1ccccc1OCc1ccc(C(F)(F)F)cc1. The third kappa shape index (κ3) is 3.99. The monoisotopic (exact) mass is 400 g/mol. The summed E-state index contributed by atoms with van der Waals surface area (Å²) >= 11 is 0. The van der Waals surface area contributed by atoms with E-state index in [1.165, 1.54) is 24.4 Å². The lowest BCUT2D eigenvalue weighted by Gasteiger charge is -2.27. The maximum absolute atomic E-state index is 12.7. The summed E-state index contributed by atoms with van der Waals surface area (Å²) in [4.78, 5) is 15.7. The van der Waals surface area contributed by atoms with E-state index in [0.29, 0.717) is 16.9 Å². The van der Waals surface area contributed by atoms with E-state index in [2.05, 4.69) is 4.99 Å². The van der Waals surface area contributed by atoms with Gasteiger partial charge in [0, 0.05) is 11.8 Å². The first-order chi connectivity index (χ1) is 13.8. The molecule has 0 spiro atoms. The van der Waals surface area contributed by atoms with Gasteiger partial charge in [0.15, 0.2) is 5.41 Å². The van der Waals surface area contributed by atoms with Gasteiger partial charge in [-0.15, -0.1) is 0 Å². The molecule has 1 aliphatic rings. The number of aliphatic imine (C=N–C) groups is 1. The minimum absolute atomic E-state index is 0.0247. The number of rotatable bonds is 5. The molecule has 0 radical (unpaired) electrons. The lowest BCUT2D eigenvalue weighted by Crippen LogP contribution is -2.35. The summed E-state index contributed by atoms with van der Waals surface area (Å²) < 4.78 is 43.8. The Kier molecular flexibility index (Phi) is 5.41. The highest BCUT2D eigenvalue weighted by atomic mass is 19.4. The number of nitriles is 1. The second-order valence-electron chi connectivity index (χ2n) is 6.37. The molecule has 29 heavy (non-hydrogen) atoms. The fraction of sp³-hybridized carbons (Fsp3) is 0.190. The topological polar surface area (TPSA) is 82.7 Å². The molecule has 1 unspecified atom stereocenters. The molecule has 148 valence electrons. The highest BCUT2D eigenvalue weighted by molar-refractivity contribution is 6.02. The van der Waals surface area contributed by atoms with Crippen molar-refractivity contribution in [2.24, 2.45) is 10.4 Å². The van der Waals surface area contributed by atoms with Gasteiger partial charge in [-0.1, -0.05) is 30.3 Å². The van der Waals surface area contributed by atoms with Crippen molar-refractivity contribution in [2.75, 3.05) is 6.54 Å². The molecule has 8 heteroatoms. The average Bonchev–Trinajstić information content (AvgIpc) is 2.72. The second-order valence-corrected chi connectivity index (χ2v) is 6.37. The summed E-state index contributed by atoms with van der Waals surface area (Å²) in [6.07, 6.45) is -1.53. The van der Waals surface area contributed by atoms with Gasteiger partial charge in [0.25, 0.3) is 0 Å². The molecule has 1 atom stereocenters. The Morgan fingerprint density at radius 3 is 2.52 bits per heavy atom. The van der Waals surface area contributed by atoms with Gasteiger partial charge < -0.3 is 9.84 Å². The number of aliphatic carboxylic acids is 1. The number of hydrogen-bond donors (Lipinski definition) is 1. The molecule has 1 heterocycles. The van der Waals surface area contributed by atoms with Crippen molar-refractivity contribution < 1.29 is 27.8 Å². The maximum atomic E-state index is 12.7. The van der Waals surface area contributed by atoms with Crippen LogP contribution in [-0.2, 0) is 17.6 Å². The van der Waals surface area contributed by atoms with Crippen LogP contribution >= 0.6 is 0 Å². The maximum Gasteiger partial charge on any atom is 0.416 e. The molecule has 0 fully saturated rings. The highest BCUT2D eigenvalue weighted by Gasteiger charge is 2.45. The van der Waals surface area contributed by atoms with Gasteiger partial charge in [-0.05, 0) is 35.4 Å². The Morgan fingerprint density at radius 2 is 1.90 bits per heavy atom. The van der Waals surface area contributed by atoms with Crippen LogP contribution in [0.5, 0.6) is 5.75 Å². The van der Waals surface area contributed by atoms with Crippen molar-refractivity contribution in [3.63, 3.8) is 0 Å². The summed E-state index contributed by atoms with van der Waals surface area (Å²) in [6, 6.07) is 13.0. The Balaban J connectivity index is 1.88. The molecule has 2 aromatic carbocycles. The summed E-state index contributed by atoms with van der Waals surface area (Å²) in [5.41, 5.74) is -1.44. The van der Waals surface area contributed by atoms with E-state index >= 15 is 0 Å². The van der Waals surface area contributed by atoms with Crippen LogP contribution in [0, 0.1) is 16.7 Å². The van der Waals surface area contributed by atoms with Gasteiger partial charge in [-0.2, -0.15) is 18.4 Å². The summed E-state index contributed by atoms with van der Waals surface area (Å²) in [5.74, 6) is -1.00. The number of carboxylic acid groups (broad SMARTS) is 1. The van der Waals surface area contributed by atoms with Crippen LogP contribution in [0.4, 0.5) is 13.2 Å². The molecular formula is C21H15F3N2O3. The second kappa shape index (κ2) is 7.80. The first kappa shape index (κ1) is 20.1. The summed E-state index contributed by atoms with van der Waals surface area (Å²) in [6.45, 7) is -0.249. The number of benzene rings is 2. The van der Waals surface area contributed by atoms with E-state index in [9.17, 15) is 28.3 Å². The Labute approximate surface area is 164 Å². The van der Waals surface area contributed by atoms with Crippen LogP contribution in [0.3, 0.4) is 0 Å². The molecule has 5 nitrogen and oxygen atoms in total. The summed E-state index contributed by atoms with van der Waals surface area (Å²) in [5, 5.41) is 19.2. The fourth-order valence-electron chi connectivity index (χ4n) is 2.96. The number of carbonyl (C=O) groups is 1. The molecule has 2 aromatic rings. The van der Waals surface area contributed by atoms with Crippen molar-refractivity contribution in [3.8, 4) is 11.8 Å². The van der Waals surface area contributed by atoms with Crippen molar-refractivity contribution in [1.29, 1.82) is 5.26 Å². The number of alkyl halides is 3. The van der Waals surface area contributed by atoms with Crippen molar-refractivity contribution in [2.45, 2.75) is 12.8 Å². The fourth-order valence-corrected chi connectivity index (χ4v) is 2.96. The van der Waals surface area contributed by atoms with E-state index in [1.54, 1.807) is 24.3 Å². The first-order valence-corrected chi connectivity index (χ1v) is 8.51. The van der Waals surface area contributed by atoms with Crippen molar-refractivity contribution in [1.82, 2.24) is 0 Å². The number of hydrogen-bond acceptors (Lipinski definition) is 4. The number of para-hydroxylation sites is 1. The molecular weight excluding hydrogens is 385 g/mol. The molecule has 0 amide bonds. The third-order valence-electron chi connectivity index (χ3n) is 4.54. The van der Waals surface area contributed by atoms with Gasteiger partial charge in [0.2, 0.25) is 0 Å². The quantitative estimate of drug-likeness (QED) is 0.809. The minimum Gasteiger partial charge on any atom is -0.488 e. The highest BCUT2D eigenvalue weighted by Crippen LogP contribution is 2.41. The number of nitrogens with zero attached hydrogens (tertiary/aromatic N) is 2. The molecule has 0 bridgehead atoms. The smallest absolute Gasteiger partial charge is 0.416 e. The number of dihydropyridines is 1. The van der Waals surface area contributed by atoms with Gasteiger partial charge in [0.05, 0.1) is 18.2 Å². The predicted octanol–water partition coefficient (Wildman–Crippen LogP) is 4.35. The van der Waals surface area contributed by atoms with Gasteiger partial charge >= 0.3 is 12.1 Å². The van der Waals surface area contributed by atoms with Gasteiger partial charge in [-0.25, -0.2) is 0 Å². The molecule has 0 aromatic heterocycles. The molecule has 3 rings (SSSR count). The minimum atomic E-state index is -4.42. The van der Waals surface area contributed by atoms with E-state index < -0.39 is 23.1 Å². The van der Waals surface area contributed by atoms with Crippen LogP contribution in [0.2, 0.25) is 0 Å². The largest absolute Gasteiger partial charge is 0.488 e. The molecule has 0 saturated heterocycles. The normalized spacial score (nSPS) is 18.6. The lowest BCUT2D eigenvalue weighted by atomic mass is 9.76. The number of ether oxygens (including phenoxy) is 1. The number of carboxylic acids is 1. The zero-order valence-electron chi connectivity index (χ0n) is 15.0. The van der Waals surface area contributed by atoms with E-state index in [1.807, 2.05) is 6.07 Å². The Hall–Kier alpha value is -3.60. The van der Waals surface area contributed by atoms with Crippen LogP contribution in [0.15, 0.2) is 59.6 Å². The first-order valence-electron chi connectivity index (χ1n) is 8.51. The number of halogens is 3. The van der Waals surface area contributed by atoms with Crippen molar-refractivity contribution >= 4 is 17.8 Å². The molecule has 0 aliphatic carbocycles. The van der Waals surface area contributed by atoms with E-state index in [4.69, 9.17) is 4.74 Å².